The van der Waals surface area contributed by atoms with Gasteiger partial charge < -0.3 is 0 Å². The summed E-state index contributed by atoms with van der Waals surface area (Å²) >= 11 is 11.5. The quantitative estimate of drug-likeness (QED) is 0.461. The molecule has 3 N–H and O–H groups in total. The van der Waals surface area contributed by atoms with E-state index in [0.29, 0.717) is 5.88 Å². The largest absolute Gasteiger partial charge is 0.271 e. The Balaban J connectivity index is 2.50. The van der Waals surface area contributed by atoms with E-state index in [4.69, 9.17) is 29.0 Å². The molecule has 0 spiro atoms. The Kier molecular flexibility index (Phi) is 6.03. The SMILES string of the molecule is NNC(CCCCl)Cc1cccc(Cl)c1. The second-order valence-electron chi connectivity index (χ2n) is 3.53. The zero-order valence-corrected chi connectivity index (χ0v) is 10.1. The first kappa shape index (κ1) is 12.8. The second-order valence-corrected chi connectivity index (χ2v) is 4.34. The van der Waals surface area contributed by atoms with Crippen molar-refractivity contribution in [1.82, 2.24) is 5.43 Å². The topological polar surface area (TPSA) is 38.0 Å². The summed E-state index contributed by atoms with van der Waals surface area (Å²) in [6.07, 6.45) is 2.83. The average Bonchev–Trinajstić information content (AvgIpc) is 2.24. The molecule has 0 bridgehead atoms. The molecule has 1 aromatic carbocycles. The fourth-order valence-electron chi connectivity index (χ4n) is 1.52. The lowest BCUT2D eigenvalue weighted by Gasteiger charge is -2.15. The molecular weight excluding hydrogens is 231 g/mol. The first-order valence-corrected chi connectivity index (χ1v) is 5.94. The maximum absolute atomic E-state index is 5.90. The predicted molar refractivity (Wildman–Crippen MR) is 66.2 cm³/mol. The Hall–Kier alpha value is -0.280. The number of nitrogens with two attached hydrogens (primary N) is 1. The third kappa shape index (κ3) is 4.85. The van der Waals surface area contributed by atoms with Crippen LogP contribution in [0, 0.1) is 0 Å². The van der Waals surface area contributed by atoms with Gasteiger partial charge in [0, 0.05) is 16.9 Å². The van der Waals surface area contributed by atoms with Crippen molar-refractivity contribution in [1.29, 1.82) is 0 Å². The fourth-order valence-corrected chi connectivity index (χ4v) is 1.88. The van der Waals surface area contributed by atoms with E-state index in [0.717, 1.165) is 24.3 Å². The van der Waals surface area contributed by atoms with Crippen LogP contribution < -0.4 is 11.3 Å². The number of alkyl halides is 1. The predicted octanol–water partition coefficient (Wildman–Crippen LogP) is 2.73. The van der Waals surface area contributed by atoms with Gasteiger partial charge in [-0.2, -0.15) is 0 Å². The van der Waals surface area contributed by atoms with Crippen molar-refractivity contribution in [2.45, 2.75) is 25.3 Å². The minimum absolute atomic E-state index is 0.266. The molecule has 1 atom stereocenters. The molecule has 0 radical (unpaired) electrons. The monoisotopic (exact) mass is 246 g/mol. The van der Waals surface area contributed by atoms with E-state index >= 15 is 0 Å². The van der Waals surface area contributed by atoms with Crippen LogP contribution in [0.2, 0.25) is 5.02 Å². The van der Waals surface area contributed by atoms with Crippen LogP contribution >= 0.6 is 23.2 Å². The molecule has 15 heavy (non-hydrogen) atoms. The number of hydrogen-bond acceptors (Lipinski definition) is 2. The van der Waals surface area contributed by atoms with Crippen molar-refractivity contribution in [2.75, 3.05) is 5.88 Å². The molecular formula is C11H16Cl2N2. The lowest BCUT2D eigenvalue weighted by molar-refractivity contribution is 0.487. The fraction of sp³-hybridized carbons (Fsp3) is 0.455. The summed E-state index contributed by atoms with van der Waals surface area (Å²) in [5.41, 5.74) is 4.00. The van der Waals surface area contributed by atoms with Crippen molar-refractivity contribution >= 4 is 23.2 Å². The summed E-state index contributed by atoms with van der Waals surface area (Å²) < 4.78 is 0. The van der Waals surface area contributed by atoms with Crippen LogP contribution in [-0.4, -0.2) is 11.9 Å². The molecule has 1 rings (SSSR count). The molecule has 1 aromatic rings. The van der Waals surface area contributed by atoms with Crippen LogP contribution in [0.3, 0.4) is 0 Å². The second kappa shape index (κ2) is 7.07. The highest BCUT2D eigenvalue weighted by molar-refractivity contribution is 6.30. The van der Waals surface area contributed by atoms with Gasteiger partial charge in [0.05, 0.1) is 0 Å². The maximum atomic E-state index is 5.90. The van der Waals surface area contributed by atoms with Crippen LogP contribution in [0.4, 0.5) is 0 Å². The minimum Gasteiger partial charge on any atom is -0.271 e. The van der Waals surface area contributed by atoms with Crippen molar-refractivity contribution < 1.29 is 0 Å². The highest BCUT2D eigenvalue weighted by Gasteiger charge is 2.07. The Bertz CT molecular complexity index is 292. The highest BCUT2D eigenvalue weighted by atomic mass is 35.5. The Labute approximate surface area is 101 Å². The van der Waals surface area contributed by atoms with Gasteiger partial charge in [-0.15, -0.1) is 11.6 Å². The Morgan fingerprint density at radius 2 is 2.20 bits per heavy atom. The van der Waals surface area contributed by atoms with E-state index in [2.05, 4.69) is 11.5 Å². The zero-order chi connectivity index (χ0) is 11.1. The number of benzene rings is 1. The molecule has 84 valence electrons. The van der Waals surface area contributed by atoms with Crippen molar-refractivity contribution in [3.8, 4) is 0 Å². The first-order chi connectivity index (χ1) is 7.26. The van der Waals surface area contributed by atoms with Crippen molar-refractivity contribution in [3.63, 3.8) is 0 Å². The summed E-state index contributed by atoms with van der Waals surface area (Å²) in [4.78, 5) is 0. The zero-order valence-electron chi connectivity index (χ0n) is 8.55. The summed E-state index contributed by atoms with van der Waals surface area (Å²) in [6.45, 7) is 0. The van der Waals surface area contributed by atoms with Crippen LogP contribution in [0.15, 0.2) is 24.3 Å². The summed E-state index contributed by atoms with van der Waals surface area (Å²) in [5.74, 6) is 6.15. The number of nitrogens with one attached hydrogen (secondary N) is 1. The third-order valence-corrected chi connectivity index (χ3v) is 2.80. The van der Waals surface area contributed by atoms with Gasteiger partial charge in [0.25, 0.3) is 0 Å². The van der Waals surface area contributed by atoms with Gasteiger partial charge in [-0.25, -0.2) is 0 Å². The molecule has 1 unspecified atom stereocenters. The normalized spacial score (nSPS) is 12.7. The number of halogens is 2. The molecule has 0 saturated carbocycles. The van der Waals surface area contributed by atoms with Gasteiger partial charge in [-0.1, -0.05) is 23.7 Å². The van der Waals surface area contributed by atoms with E-state index in [1.165, 1.54) is 5.56 Å². The lowest BCUT2D eigenvalue weighted by atomic mass is 10.0. The molecule has 2 nitrogen and oxygen atoms in total. The lowest BCUT2D eigenvalue weighted by Crippen LogP contribution is -2.36. The molecule has 0 heterocycles. The number of hydrogen-bond donors (Lipinski definition) is 2. The van der Waals surface area contributed by atoms with E-state index in [1.807, 2.05) is 18.2 Å². The highest BCUT2D eigenvalue weighted by Crippen LogP contribution is 2.13. The van der Waals surface area contributed by atoms with Crippen molar-refractivity contribution in [3.05, 3.63) is 34.9 Å². The van der Waals surface area contributed by atoms with Crippen LogP contribution in [0.1, 0.15) is 18.4 Å². The van der Waals surface area contributed by atoms with E-state index < -0.39 is 0 Å². The van der Waals surface area contributed by atoms with E-state index in [1.54, 1.807) is 0 Å². The smallest absolute Gasteiger partial charge is 0.0408 e. The van der Waals surface area contributed by atoms with Gasteiger partial charge in [-0.3, -0.25) is 11.3 Å². The first-order valence-electron chi connectivity index (χ1n) is 5.03. The van der Waals surface area contributed by atoms with E-state index in [-0.39, 0.29) is 6.04 Å². The molecule has 0 aliphatic carbocycles. The molecule has 0 aromatic heterocycles. The average molecular weight is 247 g/mol. The minimum atomic E-state index is 0.266. The molecule has 0 saturated heterocycles. The van der Waals surface area contributed by atoms with Gasteiger partial charge >= 0.3 is 0 Å². The molecule has 0 aliphatic heterocycles. The molecule has 0 aliphatic rings. The standard InChI is InChI=1S/C11H16Cl2N2/c12-6-2-5-11(15-14)8-9-3-1-4-10(13)7-9/h1,3-4,7,11,15H,2,5-6,8,14H2. The van der Waals surface area contributed by atoms with Gasteiger partial charge in [0.15, 0.2) is 0 Å². The Morgan fingerprint density at radius 1 is 1.40 bits per heavy atom. The summed E-state index contributed by atoms with van der Waals surface area (Å²) in [7, 11) is 0. The number of rotatable bonds is 6. The molecule has 4 heteroatoms. The van der Waals surface area contributed by atoms with Crippen LogP contribution in [0.5, 0.6) is 0 Å². The maximum Gasteiger partial charge on any atom is 0.0408 e. The third-order valence-electron chi connectivity index (χ3n) is 2.29. The Morgan fingerprint density at radius 3 is 2.80 bits per heavy atom. The van der Waals surface area contributed by atoms with Crippen LogP contribution in [-0.2, 0) is 6.42 Å². The van der Waals surface area contributed by atoms with Crippen molar-refractivity contribution in [2.24, 2.45) is 5.84 Å². The van der Waals surface area contributed by atoms with Gasteiger partial charge in [-0.05, 0) is 37.0 Å². The van der Waals surface area contributed by atoms with E-state index in [9.17, 15) is 0 Å². The number of hydrazine groups is 1. The van der Waals surface area contributed by atoms with Crippen LogP contribution in [0.25, 0.3) is 0 Å². The molecule has 0 fully saturated rings. The van der Waals surface area contributed by atoms with Gasteiger partial charge in [0.1, 0.15) is 0 Å². The van der Waals surface area contributed by atoms with Gasteiger partial charge in [0.2, 0.25) is 0 Å². The summed E-state index contributed by atoms with van der Waals surface area (Å²) in [5, 5.41) is 0.764. The summed E-state index contributed by atoms with van der Waals surface area (Å²) in [6, 6.07) is 8.10. The molecule has 0 amide bonds.